The highest BCUT2D eigenvalue weighted by atomic mass is 16.3. The Morgan fingerprint density at radius 2 is 1.85 bits per heavy atom. The summed E-state index contributed by atoms with van der Waals surface area (Å²) >= 11 is 0. The third-order valence-electron chi connectivity index (χ3n) is 5.14. The molecule has 1 saturated heterocycles. The summed E-state index contributed by atoms with van der Waals surface area (Å²) < 4.78 is 5.27. The molecule has 0 spiro atoms. The molecule has 0 bridgehead atoms. The van der Waals surface area contributed by atoms with Gasteiger partial charge in [-0.2, -0.15) is 0 Å². The second-order valence-electron chi connectivity index (χ2n) is 7.03. The molecule has 6 heteroatoms. The Balaban J connectivity index is 1.41. The van der Waals surface area contributed by atoms with Crippen molar-refractivity contribution in [3.05, 3.63) is 53.5 Å². The molecule has 1 N–H and O–H groups in total. The van der Waals surface area contributed by atoms with Gasteiger partial charge in [0, 0.05) is 44.7 Å². The van der Waals surface area contributed by atoms with E-state index in [1.807, 2.05) is 49.1 Å². The molecule has 3 rings (SSSR count). The first kappa shape index (κ1) is 19.2. The van der Waals surface area contributed by atoms with Gasteiger partial charge in [-0.3, -0.25) is 14.5 Å². The zero-order valence-electron chi connectivity index (χ0n) is 16.0. The average molecular weight is 369 g/mol. The number of piperazine rings is 1. The van der Waals surface area contributed by atoms with Crippen LogP contribution in [0.3, 0.4) is 0 Å². The molecule has 0 atom stereocenters. The Morgan fingerprint density at radius 1 is 1.07 bits per heavy atom. The molecule has 0 unspecified atom stereocenters. The lowest BCUT2D eigenvalue weighted by Gasteiger charge is -2.34. The molecule has 1 aliphatic heterocycles. The van der Waals surface area contributed by atoms with Crippen LogP contribution < -0.4 is 5.32 Å². The predicted molar refractivity (Wildman–Crippen MR) is 105 cm³/mol. The topological polar surface area (TPSA) is 65.8 Å². The largest absolute Gasteiger partial charge is 0.469 e. The summed E-state index contributed by atoms with van der Waals surface area (Å²) in [6, 6.07) is 9.63. The van der Waals surface area contributed by atoms with E-state index in [1.54, 1.807) is 6.26 Å². The van der Waals surface area contributed by atoms with Gasteiger partial charge in [-0.15, -0.1) is 0 Å². The van der Waals surface area contributed by atoms with Crippen molar-refractivity contribution in [3.63, 3.8) is 0 Å². The predicted octanol–water partition coefficient (Wildman–Crippen LogP) is 2.61. The Labute approximate surface area is 160 Å². The van der Waals surface area contributed by atoms with Gasteiger partial charge in [0.25, 0.3) is 0 Å². The van der Waals surface area contributed by atoms with E-state index in [9.17, 15) is 9.59 Å². The number of carbonyl (C=O) groups excluding carboxylic acids is 2. The average Bonchev–Trinajstić information content (AvgIpc) is 3.18. The number of hydrogen-bond donors (Lipinski definition) is 1. The van der Waals surface area contributed by atoms with Gasteiger partial charge < -0.3 is 14.6 Å². The molecule has 1 aromatic carbocycles. The molecular weight excluding hydrogens is 342 g/mol. The highest BCUT2D eigenvalue weighted by molar-refractivity contribution is 5.93. The third-order valence-corrected chi connectivity index (χ3v) is 5.14. The number of carbonyl (C=O) groups is 2. The van der Waals surface area contributed by atoms with Gasteiger partial charge in [-0.25, -0.2) is 0 Å². The van der Waals surface area contributed by atoms with Crippen molar-refractivity contribution in [2.75, 3.05) is 38.0 Å². The van der Waals surface area contributed by atoms with Crippen molar-refractivity contribution < 1.29 is 14.0 Å². The van der Waals surface area contributed by atoms with E-state index in [1.165, 1.54) is 0 Å². The van der Waals surface area contributed by atoms with Gasteiger partial charge >= 0.3 is 0 Å². The summed E-state index contributed by atoms with van der Waals surface area (Å²) in [5.41, 5.74) is 3.12. The summed E-state index contributed by atoms with van der Waals surface area (Å²) in [4.78, 5) is 28.6. The van der Waals surface area contributed by atoms with Crippen LogP contribution in [0.4, 0.5) is 5.69 Å². The fourth-order valence-corrected chi connectivity index (χ4v) is 3.28. The Morgan fingerprint density at radius 3 is 2.56 bits per heavy atom. The quantitative estimate of drug-likeness (QED) is 0.850. The first-order valence-electron chi connectivity index (χ1n) is 9.41. The van der Waals surface area contributed by atoms with E-state index < -0.39 is 0 Å². The van der Waals surface area contributed by atoms with Crippen LogP contribution in [0.2, 0.25) is 0 Å². The van der Waals surface area contributed by atoms with Crippen molar-refractivity contribution in [2.45, 2.75) is 26.7 Å². The first-order chi connectivity index (χ1) is 13.0. The van der Waals surface area contributed by atoms with Gasteiger partial charge in [-0.05, 0) is 43.2 Å². The van der Waals surface area contributed by atoms with Crippen LogP contribution in [0.5, 0.6) is 0 Å². The van der Waals surface area contributed by atoms with Crippen molar-refractivity contribution in [3.8, 4) is 0 Å². The number of nitrogens with zero attached hydrogens (tertiary/aromatic N) is 2. The van der Waals surface area contributed by atoms with Gasteiger partial charge in [0.15, 0.2) is 0 Å². The number of amides is 2. The SMILES string of the molecule is Cc1cccc(NC(=O)CN2CCN(C(=O)CCc3ccco3)CC2)c1C. The number of rotatable bonds is 6. The van der Waals surface area contributed by atoms with Crippen LogP contribution in [0, 0.1) is 13.8 Å². The fraction of sp³-hybridized carbons (Fsp3) is 0.429. The minimum absolute atomic E-state index is 0.0127. The molecule has 27 heavy (non-hydrogen) atoms. The standard InChI is InChI=1S/C21H27N3O3/c1-16-5-3-7-19(17(16)2)22-20(25)15-23-10-12-24(13-11-23)21(26)9-8-18-6-4-14-27-18/h3-7,14H,8-13,15H2,1-2H3,(H,22,25). The fourth-order valence-electron chi connectivity index (χ4n) is 3.28. The monoisotopic (exact) mass is 369 g/mol. The van der Waals surface area contributed by atoms with Gasteiger partial charge in [0.1, 0.15) is 5.76 Å². The first-order valence-corrected chi connectivity index (χ1v) is 9.41. The molecule has 0 aliphatic carbocycles. The van der Waals surface area contributed by atoms with Crippen molar-refractivity contribution >= 4 is 17.5 Å². The highest BCUT2D eigenvalue weighted by Crippen LogP contribution is 2.18. The molecule has 1 aromatic heterocycles. The summed E-state index contributed by atoms with van der Waals surface area (Å²) in [7, 11) is 0. The second kappa shape index (κ2) is 8.86. The van der Waals surface area contributed by atoms with Crippen molar-refractivity contribution in [1.29, 1.82) is 0 Å². The summed E-state index contributed by atoms with van der Waals surface area (Å²) in [5.74, 6) is 0.970. The molecule has 2 amide bonds. The summed E-state index contributed by atoms with van der Waals surface area (Å²) in [5, 5.41) is 3.00. The summed E-state index contributed by atoms with van der Waals surface area (Å²) in [6.07, 6.45) is 2.72. The maximum absolute atomic E-state index is 12.3. The molecule has 6 nitrogen and oxygen atoms in total. The van der Waals surface area contributed by atoms with E-state index in [-0.39, 0.29) is 11.8 Å². The van der Waals surface area contributed by atoms with Crippen LogP contribution >= 0.6 is 0 Å². The second-order valence-corrected chi connectivity index (χ2v) is 7.03. The van der Waals surface area contributed by atoms with Crippen LogP contribution in [0.1, 0.15) is 23.3 Å². The van der Waals surface area contributed by atoms with E-state index >= 15 is 0 Å². The zero-order valence-corrected chi connectivity index (χ0v) is 16.0. The highest BCUT2D eigenvalue weighted by Gasteiger charge is 2.22. The van der Waals surface area contributed by atoms with Crippen LogP contribution in [0.25, 0.3) is 0 Å². The normalized spacial score (nSPS) is 15.0. The van der Waals surface area contributed by atoms with E-state index in [2.05, 4.69) is 10.2 Å². The van der Waals surface area contributed by atoms with Gasteiger partial charge in [0.05, 0.1) is 12.8 Å². The molecule has 2 aromatic rings. The van der Waals surface area contributed by atoms with Gasteiger partial charge in [-0.1, -0.05) is 12.1 Å². The minimum atomic E-state index is -0.0127. The van der Waals surface area contributed by atoms with Crippen molar-refractivity contribution in [2.24, 2.45) is 0 Å². The third kappa shape index (κ3) is 5.20. The summed E-state index contributed by atoms with van der Waals surface area (Å²) in [6.45, 7) is 7.15. The van der Waals surface area contributed by atoms with Gasteiger partial charge in [0.2, 0.25) is 11.8 Å². The van der Waals surface area contributed by atoms with E-state index in [0.29, 0.717) is 45.6 Å². The zero-order chi connectivity index (χ0) is 19.2. The maximum atomic E-state index is 12.3. The molecule has 0 saturated carbocycles. The van der Waals surface area contributed by atoms with Crippen LogP contribution in [-0.2, 0) is 16.0 Å². The maximum Gasteiger partial charge on any atom is 0.238 e. The molecular formula is C21H27N3O3. The number of furan rings is 1. The molecule has 1 fully saturated rings. The number of nitrogens with one attached hydrogen (secondary N) is 1. The Hall–Kier alpha value is -2.60. The van der Waals surface area contributed by atoms with E-state index in [4.69, 9.17) is 4.42 Å². The smallest absolute Gasteiger partial charge is 0.238 e. The van der Waals surface area contributed by atoms with E-state index in [0.717, 1.165) is 22.6 Å². The number of benzene rings is 1. The lowest BCUT2D eigenvalue weighted by molar-refractivity contribution is -0.133. The molecule has 1 aliphatic rings. The Bertz CT molecular complexity index is 778. The molecule has 2 heterocycles. The lowest BCUT2D eigenvalue weighted by Crippen LogP contribution is -2.50. The molecule has 144 valence electrons. The van der Waals surface area contributed by atoms with Crippen molar-refractivity contribution in [1.82, 2.24) is 9.80 Å². The number of aryl methyl sites for hydroxylation is 2. The van der Waals surface area contributed by atoms with Crippen LogP contribution in [-0.4, -0.2) is 54.3 Å². The lowest BCUT2D eigenvalue weighted by atomic mass is 10.1. The van der Waals surface area contributed by atoms with Crippen LogP contribution in [0.15, 0.2) is 41.0 Å². The number of hydrogen-bond acceptors (Lipinski definition) is 4. The Kier molecular flexibility index (Phi) is 6.29. The minimum Gasteiger partial charge on any atom is -0.469 e. The molecule has 0 radical (unpaired) electrons. The number of anilines is 1.